The van der Waals surface area contributed by atoms with Gasteiger partial charge in [0.2, 0.25) is 5.91 Å². The molecule has 0 spiro atoms. The number of hydrogen-bond acceptors (Lipinski definition) is 5. The van der Waals surface area contributed by atoms with Gasteiger partial charge in [-0.25, -0.2) is 0 Å². The number of hydrogen-bond donors (Lipinski definition) is 1. The van der Waals surface area contributed by atoms with E-state index in [9.17, 15) is 14.4 Å². The number of methoxy groups -OCH3 is 1. The Morgan fingerprint density at radius 1 is 1.07 bits per heavy atom. The standard InChI is InChI=1S/C22H24N2O4S/c1-28-16-9-7-15(8-10-16)11-13-23-20(25)19(12-14-29-2)24-21(26)17-5-3-4-6-18(17)22(24)27/h3-10,19H,11-14H2,1-2H3,(H,23,25)/t19-/m0/s1. The third-order valence-electron chi connectivity index (χ3n) is 4.91. The first kappa shape index (κ1) is 20.9. The Bertz CT molecular complexity index is 863. The quantitative estimate of drug-likeness (QED) is 0.641. The van der Waals surface area contributed by atoms with E-state index >= 15 is 0 Å². The molecule has 0 bridgehead atoms. The summed E-state index contributed by atoms with van der Waals surface area (Å²) in [5, 5.41) is 2.89. The molecule has 1 aliphatic rings. The number of imide groups is 1. The summed E-state index contributed by atoms with van der Waals surface area (Å²) in [6.07, 6.45) is 3.00. The van der Waals surface area contributed by atoms with Crippen molar-refractivity contribution >= 4 is 29.5 Å². The summed E-state index contributed by atoms with van der Waals surface area (Å²) in [5.41, 5.74) is 1.78. The molecule has 0 aromatic heterocycles. The summed E-state index contributed by atoms with van der Waals surface area (Å²) in [5.74, 6) is 0.343. The third-order valence-corrected chi connectivity index (χ3v) is 5.55. The van der Waals surface area contributed by atoms with Crippen LogP contribution in [-0.2, 0) is 11.2 Å². The van der Waals surface area contributed by atoms with E-state index in [0.29, 0.717) is 36.3 Å². The van der Waals surface area contributed by atoms with Crippen molar-refractivity contribution in [1.29, 1.82) is 0 Å². The Hall–Kier alpha value is -2.80. The number of carbonyl (C=O) groups excluding carboxylic acids is 3. The van der Waals surface area contributed by atoms with Crippen molar-refractivity contribution in [3.05, 3.63) is 65.2 Å². The molecule has 0 unspecified atom stereocenters. The number of benzene rings is 2. The Balaban J connectivity index is 1.67. The maximum Gasteiger partial charge on any atom is 0.262 e. The van der Waals surface area contributed by atoms with Crippen LogP contribution in [0.5, 0.6) is 5.75 Å². The fourth-order valence-electron chi connectivity index (χ4n) is 3.34. The van der Waals surface area contributed by atoms with Gasteiger partial charge in [0.25, 0.3) is 11.8 Å². The molecule has 1 heterocycles. The third kappa shape index (κ3) is 4.62. The second-order valence-corrected chi connectivity index (χ2v) is 7.70. The fourth-order valence-corrected chi connectivity index (χ4v) is 3.80. The number of thioether (sulfide) groups is 1. The molecule has 3 amide bonds. The molecule has 0 saturated heterocycles. The first-order valence-corrected chi connectivity index (χ1v) is 10.8. The summed E-state index contributed by atoms with van der Waals surface area (Å²) in [4.78, 5) is 39.6. The van der Waals surface area contributed by atoms with Crippen LogP contribution >= 0.6 is 11.8 Å². The number of nitrogens with zero attached hydrogens (tertiary/aromatic N) is 1. The maximum atomic E-state index is 12.9. The van der Waals surface area contributed by atoms with Gasteiger partial charge < -0.3 is 10.1 Å². The average Bonchev–Trinajstić information content (AvgIpc) is 3.00. The number of carbonyl (C=O) groups is 3. The minimum absolute atomic E-state index is 0.304. The van der Waals surface area contributed by atoms with Crippen molar-refractivity contribution in [1.82, 2.24) is 10.2 Å². The number of fused-ring (bicyclic) bond motifs is 1. The van der Waals surface area contributed by atoms with Gasteiger partial charge in [0.05, 0.1) is 18.2 Å². The summed E-state index contributed by atoms with van der Waals surface area (Å²) in [7, 11) is 1.61. The van der Waals surface area contributed by atoms with Gasteiger partial charge >= 0.3 is 0 Å². The molecule has 29 heavy (non-hydrogen) atoms. The van der Waals surface area contributed by atoms with Crippen LogP contribution in [0.2, 0.25) is 0 Å². The molecule has 2 aromatic carbocycles. The van der Waals surface area contributed by atoms with Crippen LogP contribution in [-0.4, -0.2) is 54.3 Å². The van der Waals surface area contributed by atoms with Crippen LogP contribution in [0, 0.1) is 0 Å². The molecule has 0 radical (unpaired) electrons. The van der Waals surface area contributed by atoms with Crippen molar-refractivity contribution in [2.24, 2.45) is 0 Å². The van der Waals surface area contributed by atoms with Crippen molar-refractivity contribution in [3.8, 4) is 5.75 Å². The maximum absolute atomic E-state index is 12.9. The van der Waals surface area contributed by atoms with E-state index in [1.54, 1.807) is 43.1 Å². The van der Waals surface area contributed by atoms with E-state index in [0.717, 1.165) is 16.2 Å². The summed E-state index contributed by atoms with van der Waals surface area (Å²) >= 11 is 1.58. The van der Waals surface area contributed by atoms with E-state index in [-0.39, 0.29) is 5.91 Å². The zero-order valence-electron chi connectivity index (χ0n) is 16.5. The largest absolute Gasteiger partial charge is 0.497 e. The molecule has 152 valence electrons. The van der Waals surface area contributed by atoms with Crippen molar-refractivity contribution in [3.63, 3.8) is 0 Å². The zero-order valence-corrected chi connectivity index (χ0v) is 17.3. The topological polar surface area (TPSA) is 75.7 Å². The van der Waals surface area contributed by atoms with Gasteiger partial charge in [0, 0.05) is 6.54 Å². The van der Waals surface area contributed by atoms with Crippen LogP contribution in [0.15, 0.2) is 48.5 Å². The van der Waals surface area contributed by atoms with Gasteiger partial charge in [-0.05, 0) is 54.7 Å². The lowest BCUT2D eigenvalue weighted by Gasteiger charge is -2.25. The van der Waals surface area contributed by atoms with E-state index in [1.807, 2.05) is 30.5 Å². The number of amides is 3. The van der Waals surface area contributed by atoms with Gasteiger partial charge in [-0.15, -0.1) is 0 Å². The molecule has 1 aliphatic heterocycles. The number of rotatable bonds is 9. The van der Waals surface area contributed by atoms with Gasteiger partial charge in [-0.1, -0.05) is 24.3 Å². The van der Waals surface area contributed by atoms with Crippen LogP contribution in [0.1, 0.15) is 32.7 Å². The van der Waals surface area contributed by atoms with Crippen molar-refractivity contribution in [2.45, 2.75) is 18.9 Å². The smallest absolute Gasteiger partial charge is 0.262 e. The lowest BCUT2D eigenvalue weighted by molar-refractivity contribution is -0.125. The molecule has 0 fully saturated rings. The highest BCUT2D eigenvalue weighted by Crippen LogP contribution is 2.26. The molecule has 1 N–H and O–H groups in total. The molecule has 7 heteroatoms. The Morgan fingerprint density at radius 2 is 1.69 bits per heavy atom. The highest BCUT2D eigenvalue weighted by atomic mass is 32.2. The van der Waals surface area contributed by atoms with Crippen LogP contribution in [0.3, 0.4) is 0 Å². The van der Waals surface area contributed by atoms with Crippen molar-refractivity contribution < 1.29 is 19.1 Å². The molecule has 0 saturated carbocycles. The van der Waals surface area contributed by atoms with Gasteiger partial charge in [-0.3, -0.25) is 19.3 Å². The first-order chi connectivity index (χ1) is 14.1. The van der Waals surface area contributed by atoms with E-state index in [1.165, 1.54) is 0 Å². The molecule has 6 nitrogen and oxygen atoms in total. The van der Waals surface area contributed by atoms with Crippen LogP contribution in [0.4, 0.5) is 0 Å². The first-order valence-electron chi connectivity index (χ1n) is 9.43. The summed E-state index contributed by atoms with van der Waals surface area (Å²) in [6, 6.07) is 13.5. The highest BCUT2D eigenvalue weighted by Gasteiger charge is 2.42. The molecular weight excluding hydrogens is 388 g/mol. The second-order valence-electron chi connectivity index (χ2n) is 6.71. The summed E-state index contributed by atoms with van der Waals surface area (Å²) < 4.78 is 5.14. The SMILES string of the molecule is COc1ccc(CCNC(=O)[C@H](CCSC)N2C(=O)c3ccccc3C2=O)cc1. The minimum Gasteiger partial charge on any atom is -0.497 e. The Labute approximate surface area is 174 Å². The average molecular weight is 413 g/mol. The summed E-state index contributed by atoms with van der Waals surface area (Å²) in [6.45, 7) is 0.421. The van der Waals surface area contributed by atoms with E-state index in [4.69, 9.17) is 4.74 Å². The monoisotopic (exact) mass is 412 g/mol. The number of nitrogens with one attached hydrogen (secondary N) is 1. The van der Waals surface area contributed by atoms with Gasteiger partial charge in [-0.2, -0.15) is 11.8 Å². The fraction of sp³-hybridized carbons (Fsp3) is 0.318. The van der Waals surface area contributed by atoms with E-state index in [2.05, 4.69) is 5.32 Å². The number of ether oxygens (including phenoxy) is 1. The van der Waals surface area contributed by atoms with Crippen LogP contribution < -0.4 is 10.1 Å². The molecular formula is C22H24N2O4S. The minimum atomic E-state index is -0.814. The predicted molar refractivity (Wildman–Crippen MR) is 113 cm³/mol. The molecule has 3 rings (SSSR count). The lowest BCUT2D eigenvalue weighted by atomic mass is 10.1. The van der Waals surface area contributed by atoms with Gasteiger partial charge in [0.1, 0.15) is 11.8 Å². The Kier molecular flexibility index (Phi) is 6.93. The Morgan fingerprint density at radius 3 is 2.24 bits per heavy atom. The molecule has 0 aliphatic carbocycles. The highest BCUT2D eigenvalue weighted by molar-refractivity contribution is 7.98. The van der Waals surface area contributed by atoms with Crippen LogP contribution in [0.25, 0.3) is 0 Å². The van der Waals surface area contributed by atoms with Crippen molar-refractivity contribution in [2.75, 3.05) is 25.7 Å². The lowest BCUT2D eigenvalue weighted by Crippen LogP contribution is -2.50. The zero-order chi connectivity index (χ0) is 20.8. The normalized spacial score (nSPS) is 13.9. The second kappa shape index (κ2) is 9.60. The molecule has 1 atom stereocenters. The van der Waals surface area contributed by atoms with Gasteiger partial charge in [0.15, 0.2) is 0 Å². The molecule has 2 aromatic rings. The predicted octanol–water partition coefficient (Wildman–Crippen LogP) is 2.77. The van der Waals surface area contributed by atoms with E-state index < -0.39 is 17.9 Å².